The van der Waals surface area contributed by atoms with Crippen LogP contribution in [0.2, 0.25) is 0 Å². The number of carbonyl (C=O) groups is 1. The minimum Gasteiger partial charge on any atom is -0.481 e. The molecule has 0 spiro atoms. The van der Waals surface area contributed by atoms with E-state index in [1.807, 2.05) is 0 Å². The molecule has 0 aromatic rings. The van der Waals surface area contributed by atoms with Crippen LogP contribution < -0.4 is 0 Å². The van der Waals surface area contributed by atoms with Crippen LogP contribution in [0.4, 0.5) is 0 Å². The van der Waals surface area contributed by atoms with Crippen molar-refractivity contribution >= 4 is 5.97 Å². The molecule has 1 saturated heterocycles. The summed E-state index contributed by atoms with van der Waals surface area (Å²) < 4.78 is 0. The van der Waals surface area contributed by atoms with Crippen LogP contribution >= 0.6 is 0 Å². The lowest BCUT2D eigenvalue weighted by Crippen LogP contribution is -2.59. The first-order chi connectivity index (χ1) is 6.64. The third-order valence-corrected chi connectivity index (χ3v) is 3.40. The van der Waals surface area contributed by atoms with E-state index < -0.39 is 5.97 Å². The van der Waals surface area contributed by atoms with Crippen LogP contribution in [0.25, 0.3) is 0 Å². The third kappa shape index (κ3) is 2.71. The Balaban J connectivity index is 2.84. The van der Waals surface area contributed by atoms with Crippen molar-refractivity contribution in [2.45, 2.75) is 58.5 Å². The third-order valence-electron chi connectivity index (χ3n) is 3.40. The Morgan fingerprint density at radius 3 is 2.33 bits per heavy atom. The highest BCUT2D eigenvalue weighted by atomic mass is 16.4. The first kappa shape index (κ1) is 12.5. The summed E-state index contributed by atoms with van der Waals surface area (Å²) >= 11 is 0. The van der Waals surface area contributed by atoms with Gasteiger partial charge in [-0.3, -0.25) is 9.69 Å². The molecule has 88 valence electrons. The first-order valence-electron chi connectivity index (χ1n) is 5.65. The highest BCUT2D eigenvalue weighted by Gasteiger charge is 2.41. The molecule has 1 unspecified atom stereocenters. The van der Waals surface area contributed by atoms with Gasteiger partial charge >= 0.3 is 5.97 Å². The topological polar surface area (TPSA) is 40.5 Å². The highest BCUT2D eigenvalue weighted by molar-refractivity contribution is 5.70. The van der Waals surface area contributed by atoms with E-state index in [1.54, 1.807) is 0 Å². The van der Waals surface area contributed by atoms with E-state index in [2.05, 4.69) is 39.5 Å². The Kier molecular flexibility index (Phi) is 3.15. The van der Waals surface area contributed by atoms with E-state index in [0.29, 0.717) is 6.54 Å². The zero-order chi connectivity index (χ0) is 11.9. The molecule has 0 aromatic carbocycles. The van der Waals surface area contributed by atoms with Gasteiger partial charge in [-0.15, -0.1) is 0 Å². The van der Waals surface area contributed by atoms with Gasteiger partial charge < -0.3 is 5.11 Å². The van der Waals surface area contributed by atoms with Gasteiger partial charge in [0.15, 0.2) is 0 Å². The van der Waals surface area contributed by atoms with E-state index in [9.17, 15) is 4.79 Å². The van der Waals surface area contributed by atoms with Gasteiger partial charge in [0.05, 0.1) is 5.92 Å². The van der Waals surface area contributed by atoms with E-state index in [4.69, 9.17) is 5.11 Å². The first-order valence-corrected chi connectivity index (χ1v) is 5.65. The molecule has 1 atom stereocenters. The molecule has 0 bridgehead atoms. The summed E-state index contributed by atoms with van der Waals surface area (Å²) in [6.45, 7) is 11.5. The van der Waals surface area contributed by atoms with E-state index in [0.717, 1.165) is 12.8 Å². The summed E-state index contributed by atoms with van der Waals surface area (Å²) in [5.41, 5.74) is 0.155. The van der Waals surface area contributed by atoms with Gasteiger partial charge in [-0.2, -0.15) is 0 Å². The van der Waals surface area contributed by atoms with Crippen LogP contribution in [-0.4, -0.2) is 33.6 Å². The molecule has 1 aliphatic rings. The fraction of sp³-hybridized carbons (Fsp3) is 0.917. The molecular formula is C12H23NO2. The summed E-state index contributed by atoms with van der Waals surface area (Å²) in [7, 11) is 0. The predicted molar refractivity (Wildman–Crippen MR) is 60.9 cm³/mol. The standard InChI is InChI=1S/C12H23NO2/c1-11(2,3)13-8-9(10(14)15)6-7-12(13,4)5/h9H,6-8H2,1-5H3,(H,14,15). The average Bonchev–Trinajstić information content (AvgIpc) is 2.00. The largest absolute Gasteiger partial charge is 0.481 e. The molecule has 0 aromatic heterocycles. The van der Waals surface area contributed by atoms with Gasteiger partial charge in [-0.05, 0) is 47.5 Å². The minimum atomic E-state index is -0.653. The molecule has 3 heteroatoms. The van der Waals surface area contributed by atoms with E-state index >= 15 is 0 Å². The van der Waals surface area contributed by atoms with Gasteiger partial charge in [0, 0.05) is 17.6 Å². The summed E-state index contributed by atoms with van der Waals surface area (Å²) in [4.78, 5) is 13.3. The number of carboxylic acid groups (broad SMARTS) is 1. The number of hydrogen-bond acceptors (Lipinski definition) is 2. The number of piperidine rings is 1. The molecule has 1 fully saturated rings. The molecular weight excluding hydrogens is 190 g/mol. The predicted octanol–water partition coefficient (Wildman–Crippen LogP) is 2.36. The van der Waals surface area contributed by atoms with Crippen LogP contribution in [0, 0.1) is 5.92 Å². The quantitative estimate of drug-likeness (QED) is 0.727. The van der Waals surface area contributed by atoms with Gasteiger partial charge in [-0.1, -0.05) is 0 Å². The van der Waals surface area contributed by atoms with Crippen molar-refractivity contribution in [1.29, 1.82) is 0 Å². The van der Waals surface area contributed by atoms with Crippen molar-refractivity contribution in [3.63, 3.8) is 0 Å². The Morgan fingerprint density at radius 1 is 1.40 bits per heavy atom. The number of carboxylic acids is 1. The smallest absolute Gasteiger partial charge is 0.307 e. The molecule has 0 aliphatic carbocycles. The fourth-order valence-electron chi connectivity index (χ4n) is 2.60. The molecule has 1 rings (SSSR count). The Morgan fingerprint density at radius 2 is 1.93 bits per heavy atom. The average molecular weight is 213 g/mol. The number of nitrogens with zero attached hydrogens (tertiary/aromatic N) is 1. The SMILES string of the molecule is CC(C)(C)N1CC(C(=O)O)CCC1(C)C. The lowest BCUT2D eigenvalue weighted by atomic mass is 9.81. The number of rotatable bonds is 1. The molecule has 0 radical (unpaired) electrons. The number of aliphatic carboxylic acids is 1. The van der Waals surface area contributed by atoms with Gasteiger partial charge in [-0.25, -0.2) is 0 Å². The fourth-order valence-corrected chi connectivity index (χ4v) is 2.60. The maximum Gasteiger partial charge on any atom is 0.307 e. The second-order valence-corrected chi connectivity index (χ2v) is 6.17. The lowest BCUT2D eigenvalue weighted by Gasteiger charge is -2.51. The van der Waals surface area contributed by atoms with Crippen molar-refractivity contribution in [3.8, 4) is 0 Å². The summed E-state index contributed by atoms with van der Waals surface area (Å²) in [5, 5.41) is 9.07. The normalized spacial score (nSPS) is 27.7. The van der Waals surface area contributed by atoms with Crippen LogP contribution in [0.1, 0.15) is 47.5 Å². The Bertz CT molecular complexity index is 253. The van der Waals surface area contributed by atoms with Crippen molar-refractivity contribution in [3.05, 3.63) is 0 Å². The number of likely N-dealkylation sites (tertiary alicyclic amines) is 1. The van der Waals surface area contributed by atoms with Crippen molar-refractivity contribution in [1.82, 2.24) is 4.90 Å². The van der Waals surface area contributed by atoms with Crippen molar-refractivity contribution in [2.24, 2.45) is 5.92 Å². The maximum atomic E-state index is 11.0. The van der Waals surface area contributed by atoms with Crippen LogP contribution in [0.5, 0.6) is 0 Å². The van der Waals surface area contributed by atoms with Gasteiger partial charge in [0.2, 0.25) is 0 Å². The molecule has 1 aliphatic heterocycles. The van der Waals surface area contributed by atoms with Crippen LogP contribution in [0.15, 0.2) is 0 Å². The summed E-state index contributed by atoms with van der Waals surface area (Å²) in [6, 6.07) is 0. The molecule has 3 nitrogen and oxygen atoms in total. The Hall–Kier alpha value is -0.570. The van der Waals surface area contributed by atoms with Crippen molar-refractivity contribution < 1.29 is 9.90 Å². The molecule has 1 N–H and O–H groups in total. The zero-order valence-electron chi connectivity index (χ0n) is 10.5. The zero-order valence-corrected chi connectivity index (χ0v) is 10.5. The molecule has 0 saturated carbocycles. The Labute approximate surface area is 92.5 Å². The van der Waals surface area contributed by atoms with Gasteiger partial charge in [0.25, 0.3) is 0 Å². The van der Waals surface area contributed by atoms with Crippen LogP contribution in [-0.2, 0) is 4.79 Å². The molecule has 15 heavy (non-hydrogen) atoms. The monoisotopic (exact) mass is 213 g/mol. The molecule has 1 heterocycles. The highest BCUT2D eigenvalue weighted by Crippen LogP contribution is 2.35. The van der Waals surface area contributed by atoms with Crippen molar-refractivity contribution in [2.75, 3.05) is 6.54 Å². The van der Waals surface area contributed by atoms with E-state index in [-0.39, 0.29) is 17.0 Å². The minimum absolute atomic E-state index is 0.0393. The number of hydrogen-bond donors (Lipinski definition) is 1. The lowest BCUT2D eigenvalue weighted by molar-refractivity contribution is -0.147. The second-order valence-electron chi connectivity index (χ2n) is 6.17. The molecule has 0 amide bonds. The van der Waals surface area contributed by atoms with E-state index in [1.165, 1.54) is 0 Å². The maximum absolute atomic E-state index is 11.0. The summed E-state index contributed by atoms with van der Waals surface area (Å²) in [5.74, 6) is -0.850. The van der Waals surface area contributed by atoms with Crippen LogP contribution in [0.3, 0.4) is 0 Å². The van der Waals surface area contributed by atoms with Gasteiger partial charge in [0.1, 0.15) is 0 Å². The second kappa shape index (κ2) is 3.78. The summed E-state index contributed by atoms with van der Waals surface area (Å²) in [6.07, 6.45) is 1.76.